The van der Waals surface area contributed by atoms with Crippen LogP contribution in [0.25, 0.3) is 0 Å². The summed E-state index contributed by atoms with van der Waals surface area (Å²) in [5.41, 5.74) is 4.95. The number of nitrogens with one attached hydrogen (secondary N) is 3. The molecule has 2 aromatic rings. The number of aliphatic carboxylic acids is 1. The number of carboxylic acids is 1. The lowest BCUT2D eigenvalue weighted by atomic mass is 10.0. The second-order valence-electron chi connectivity index (χ2n) is 7.59. The normalized spacial score (nSPS) is 13.8. The van der Waals surface area contributed by atoms with Crippen LogP contribution in [-0.4, -0.2) is 29.4 Å². The van der Waals surface area contributed by atoms with Gasteiger partial charge in [-0.1, -0.05) is 35.9 Å². The van der Waals surface area contributed by atoms with Crippen LogP contribution in [0.2, 0.25) is 0 Å². The molecule has 1 heterocycles. The summed E-state index contributed by atoms with van der Waals surface area (Å²) in [5, 5.41) is 18.0. The highest BCUT2D eigenvalue weighted by molar-refractivity contribution is 5.93. The summed E-state index contributed by atoms with van der Waals surface area (Å²) < 4.78 is 0. The number of benzene rings is 2. The van der Waals surface area contributed by atoms with Gasteiger partial charge in [0.2, 0.25) is 11.8 Å². The van der Waals surface area contributed by atoms with Crippen LogP contribution >= 0.6 is 0 Å². The highest BCUT2D eigenvalue weighted by Crippen LogP contribution is 2.20. The molecule has 4 N–H and O–H groups in total. The van der Waals surface area contributed by atoms with Gasteiger partial charge in [-0.15, -0.1) is 0 Å². The molecule has 2 aromatic carbocycles. The zero-order chi connectivity index (χ0) is 21.5. The monoisotopic (exact) mass is 409 g/mol. The molecule has 2 amide bonds. The van der Waals surface area contributed by atoms with Gasteiger partial charge in [-0.2, -0.15) is 0 Å². The topological polar surface area (TPSA) is 108 Å². The summed E-state index contributed by atoms with van der Waals surface area (Å²) in [7, 11) is 0. The number of carbonyl (C=O) groups is 3. The van der Waals surface area contributed by atoms with E-state index in [4.69, 9.17) is 5.11 Å². The van der Waals surface area contributed by atoms with Crippen molar-refractivity contribution >= 4 is 23.5 Å². The first-order valence-electron chi connectivity index (χ1n) is 10.1. The second-order valence-corrected chi connectivity index (χ2v) is 7.59. The first kappa shape index (κ1) is 21.5. The fourth-order valence-electron chi connectivity index (χ4n) is 3.50. The Kier molecular flexibility index (Phi) is 7.19. The summed E-state index contributed by atoms with van der Waals surface area (Å²) in [6, 6.07) is 12.6. The molecule has 0 aliphatic carbocycles. The quantitative estimate of drug-likeness (QED) is 0.536. The highest BCUT2D eigenvalue weighted by atomic mass is 16.4. The molecule has 1 atom stereocenters. The van der Waals surface area contributed by atoms with Crippen LogP contribution in [0.5, 0.6) is 0 Å². The molecule has 0 saturated carbocycles. The van der Waals surface area contributed by atoms with E-state index in [-0.39, 0.29) is 31.1 Å². The van der Waals surface area contributed by atoms with Crippen molar-refractivity contribution in [1.82, 2.24) is 10.6 Å². The molecule has 7 nitrogen and oxygen atoms in total. The Bertz CT molecular complexity index is 925. The third-order valence-electron chi connectivity index (χ3n) is 5.15. The van der Waals surface area contributed by atoms with E-state index in [0.29, 0.717) is 5.69 Å². The molecule has 0 saturated heterocycles. The van der Waals surface area contributed by atoms with E-state index in [1.54, 1.807) is 12.1 Å². The minimum atomic E-state index is -1.000. The number of hydrogen-bond acceptors (Lipinski definition) is 4. The van der Waals surface area contributed by atoms with E-state index in [9.17, 15) is 14.4 Å². The van der Waals surface area contributed by atoms with Crippen molar-refractivity contribution in [2.75, 3.05) is 11.9 Å². The van der Waals surface area contributed by atoms with E-state index in [1.807, 2.05) is 37.3 Å². The molecular weight excluding hydrogens is 382 g/mol. The molecule has 0 radical (unpaired) electrons. The lowest BCUT2D eigenvalue weighted by Crippen LogP contribution is -2.30. The van der Waals surface area contributed by atoms with Crippen molar-refractivity contribution in [3.8, 4) is 0 Å². The Labute approximate surface area is 175 Å². The molecular formula is C23H27N3O4. The third-order valence-corrected chi connectivity index (χ3v) is 5.15. The number of hydrogen-bond donors (Lipinski definition) is 4. The number of carbonyl (C=O) groups excluding carboxylic acids is 2. The van der Waals surface area contributed by atoms with Crippen molar-refractivity contribution in [3.05, 3.63) is 64.7 Å². The van der Waals surface area contributed by atoms with Gasteiger partial charge in [0.15, 0.2) is 0 Å². The summed E-state index contributed by atoms with van der Waals surface area (Å²) in [5.74, 6) is -1.61. The maximum absolute atomic E-state index is 12.3. The van der Waals surface area contributed by atoms with E-state index in [1.165, 1.54) is 11.1 Å². The number of anilines is 1. The summed E-state index contributed by atoms with van der Waals surface area (Å²) in [4.78, 5) is 35.8. The fraction of sp³-hybridized carbons (Fsp3) is 0.348. The smallest absolute Gasteiger partial charge is 0.305 e. The lowest BCUT2D eigenvalue weighted by molar-refractivity contribution is -0.138. The molecule has 0 bridgehead atoms. The number of rotatable bonds is 8. The van der Waals surface area contributed by atoms with Crippen LogP contribution in [0.15, 0.2) is 42.5 Å². The number of fused-ring (bicyclic) bond motifs is 1. The second kappa shape index (κ2) is 10.0. The summed E-state index contributed by atoms with van der Waals surface area (Å²) in [6.45, 7) is 3.68. The first-order valence-corrected chi connectivity index (χ1v) is 10.1. The minimum absolute atomic E-state index is 0.0136. The third kappa shape index (κ3) is 6.15. The van der Waals surface area contributed by atoms with Gasteiger partial charge in [0.25, 0.3) is 0 Å². The molecule has 3 rings (SSSR count). The van der Waals surface area contributed by atoms with Crippen LogP contribution < -0.4 is 16.0 Å². The molecule has 7 heteroatoms. The van der Waals surface area contributed by atoms with Crippen LogP contribution in [0, 0.1) is 6.92 Å². The van der Waals surface area contributed by atoms with Gasteiger partial charge < -0.3 is 21.1 Å². The zero-order valence-electron chi connectivity index (χ0n) is 17.0. The predicted octanol–water partition coefficient (Wildman–Crippen LogP) is 2.69. The molecule has 0 fully saturated rings. The van der Waals surface area contributed by atoms with Gasteiger partial charge in [0, 0.05) is 25.1 Å². The van der Waals surface area contributed by atoms with E-state index >= 15 is 0 Å². The fourth-order valence-corrected chi connectivity index (χ4v) is 3.50. The Morgan fingerprint density at radius 2 is 1.77 bits per heavy atom. The van der Waals surface area contributed by atoms with E-state index in [2.05, 4.69) is 16.0 Å². The number of carboxylic acid groups (broad SMARTS) is 1. The van der Waals surface area contributed by atoms with Gasteiger partial charge in [-0.3, -0.25) is 14.4 Å². The number of aryl methyl sites for hydroxylation is 1. The molecule has 1 aliphatic heterocycles. The van der Waals surface area contributed by atoms with Crippen molar-refractivity contribution in [3.63, 3.8) is 0 Å². The highest BCUT2D eigenvalue weighted by Gasteiger charge is 2.19. The average molecular weight is 409 g/mol. The largest absolute Gasteiger partial charge is 0.481 e. The minimum Gasteiger partial charge on any atom is -0.481 e. The standard InChI is InChI=1S/C23H27N3O4/c1-15-2-4-17(5-3-15)20(13-23(29)30)26-22(28)9-8-21(27)25-19-7-6-16-10-11-24-14-18(16)12-19/h2-7,12,20,24H,8-11,13-14H2,1H3,(H,25,27)(H,26,28)(H,29,30). The predicted molar refractivity (Wildman–Crippen MR) is 114 cm³/mol. The Hall–Kier alpha value is -3.19. The van der Waals surface area contributed by atoms with Crippen LogP contribution in [0.4, 0.5) is 5.69 Å². The molecule has 1 aliphatic rings. The molecule has 158 valence electrons. The summed E-state index contributed by atoms with van der Waals surface area (Å²) >= 11 is 0. The van der Waals surface area contributed by atoms with Crippen LogP contribution in [0.3, 0.4) is 0 Å². The van der Waals surface area contributed by atoms with E-state index < -0.39 is 12.0 Å². The maximum Gasteiger partial charge on any atom is 0.305 e. The Morgan fingerprint density at radius 1 is 1.03 bits per heavy atom. The summed E-state index contributed by atoms with van der Waals surface area (Å²) in [6.07, 6.45) is 0.765. The van der Waals surface area contributed by atoms with Crippen LogP contribution in [0.1, 0.15) is 47.6 Å². The molecule has 1 unspecified atom stereocenters. The van der Waals surface area contributed by atoms with Crippen molar-refractivity contribution in [2.24, 2.45) is 0 Å². The Morgan fingerprint density at radius 3 is 2.50 bits per heavy atom. The van der Waals surface area contributed by atoms with E-state index in [0.717, 1.165) is 30.6 Å². The van der Waals surface area contributed by atoms with Gasteiger partial charge in [0.1, 0.15) is 0 Å². The van der Waals surface area contributed by atoms with Crippen LogP contribution in [-0.2, 0) is 27.3 Å². The first-order chi connectivity index (χ1) is 14.4. The molecule has 30 heavy (non-hydrogen) atoms. The van der Waals surface area contributed by atoms with Crippen molar-refractivity contribution in [1.29, 1.82) is 0 Å². The SMILES string of the molecule is Cc1ccc(C(CC(=O)O)NC(=O)CCC(=O)Nc2ccc3c(c2)CNCC3)cc1. The maximum atomic E-state index is 12.3. The number of amides is 2. The van der Waals surface area contributed by atoms with Gasteiger partial charge >= 0.3 is 5.97 Å². The zero-order valence-corrected chi connectivity index (χ0v) is 17.0. The Balaban J connectivity index is 1.52. The molecule has 0 spiro atoms. The van der Waals surface area contributed by atoms with Gasteiger partial charge in [0.05, 0.1) is 12.5 Å². The van der Waals surface area contributed by atoms with Gasteiger partial charge in [-0.25, -0.2) is 0 Å². The molecule has 0 aromatic heterocycles. The van der Waals surface area contributed by atoms with Gasteiger partial charge in [-0.05, 0) is 48.7 Å². The van der Waals surface area contributed by atoms with Crippen molar-refractivity contribution in [2.45, 2.75) is 45.2 Å². The lowest BCUT2D eigenvalue weighted by Gasteiger charge is -2.18. The average Bonchev–Trinajstić information content (AvgIpc) is 2.72. The van der Waals surface area contributed by atoms with Crippen molar-refractivity contribution < 1.29 is 19.5 Å².